The van der Waals surface area contributed by atoms with Crippen LogP contribution in [0.15, 0.2) is 22.7 Å². The zero-order valence-electron chi connectivity index (χ0n) is 11.5. The first-order valence-electron chi connectivity index (χ1n) is 6.64. The van der Waals surface area contributed by atoms with Gasteiger partial charge in [0.1, 0.15) is 0 Å². The van der Waals surface area contributed by atoms with Crippen LogP contribution in [0, 0.1) is 0 Å². The van der Waals surface area contributed by atoms with E-state index < -0.39 is 11.7 Å². The van der Waals surface area contributed by atoms with Crippen LogP contribution in [0.4, 0.5) is 18.9 Å². The van der Waals surface area contributed by atoms with Crippen molar-refractivity contribution < 1.29 is 13.2 Å². The molecule has 1 saturated heterocycles. The lowest BCUT2D eigenvalue weighted by atomic mass is 10.1. The van der Waals surface area contributed by atoms with E-state index in [1.165, 1.54) is 6.07 Å². The molecule has 112 valence electrons. The zero-order valence-corrected chi connectivity index (χ0v) is 13.1. The van der Waals surface area contributed by atoms with E-state index in [1.807, 2.05) is 0 Å². The molecule has 1 N–H and O–H groups in total. The largest absolute Gasteiger partial charge is 0.418 e. The van der Waals surface area contributed by atoms with Crippen molar-refractivity contribution in [1.29, 1.82) is 0 Å². The summed E-state index contributed by atoms with van der Waals surface area (Å²) in [5, 5.41) is 3.05. The van der Waals surface area contributed by atoms with Gasteiger partial charge in [-0.05, 0) is 38.5 Å². The molecule has 1 aromatic rings. The quantitative estimate of drug-likeness (QED) is 0.870. The summed E-state index contributed by atoms with van der Waals surface area (Å²) in [6, 6.07) is 4.74. The minimum Gasteiger partial charge on any atom is -0.380 e. The molecule has 1 aromatic carbocycles. The maximum atomic E-state index is 13.0. The lowest BCUT2D eigenvalue weighted by Crippen LogP contribution is -2.31. The molecular weight excluding hydrogens is 333 g/mol. The van der Waals surface area contributed by atoms with Crippen LogP contribution in [0.25, 0.3) is 0 Å². The van der Waals surface area contributed by atoms with Crippen LogP contribution in [0.1, 0.15) is 25.8 Å². The highest BCUT2D eigenvalue weighted by molar-refractivity contribution is 9.10. The maximum absolute atomic E-state index is 13.0. The summed E-state index contributed by atoms with van der Waals surface area (Å²) in [5.74, 6) is 0. The van der Waals surface area contributed by atoms with Crippen molar-refractivity contribution in [1.82, 2.24) is 4.90 Å². The van der Waals surface area contributed by atoms with Gasteiger partial charge in [0.2, 0.25) is 0 Å². The Bertz CT molecular complexity index is 474. The van der Waals surface area contributed by atoms with E-state index in [2.05, 4.69) is 40.0 Å². The van der Waals surface area contributed by atoms with Crippen LogP contribution < -0.4 is 5.32 Å². The number of rotatable bonds is 3. The van der Waals surface area contributed by atoms with Gasteiger partial charge in [-0.3, -0.25) is 4.90 Å². The number of nitrogens with one attached hydrogen (secondary N) is 1. The fourth-order valence-corrected chi connectivity index (χ4v) is 2.83. The molecule has 0 saturated carbocycles. The van der Waals surface area contributed by atoms with E-state index >= 15 is 0 Å². The van der Waals surface area contributed by atoms with Gasteiger partial charge in [-0.1, -0.05) is 15.9 Å². The second kappa shape index (κ2) is 5.93. The van der Waals surface area contributed by atoms with Gasteiger partial charge >= 0.3 is 6.18 Å². The Morgan fingerprint density at radius 3 is 2.60 bits per heavy atom. The van der Waals surface area contributed by atoms with Gasteiger partial charge < -0.3 is 5.32 Å². The first-order chi connectivity index (χ1) is 9.27. The third-order valence-electron chi connectivity index (χ3n) is 3.60. The number of benzene rings is 1. The molecule has 2 nitrogen and oxygen atoms in total. The molecule has 0 bridgehead atoms. The summed E-state index contributed by atoms with van der Waals surface area (Å²) in [7, 11) is 0. The molecule has 0 spiro atoms. The number of anilines is 1. The zero-order chi connectivity index (χ0) is 14.9. The average Bonchev–Trinajstić information content (AvgIpc) is 2.79. The highest BCUT2D eigenvalue weighted by Gasteiger charge is 2.35. The molecule has 0 aliphatic carbocycles. The fourth-order valence-electron chi connectivity index (χ4n) is 2.47. The van der Waals surface area contributed by atoms with Crippen molar-refractivity contribution in [2.24, 2.45) is 0 Å². The monoisotopic (exact) mass is 350 g/mol. The Morgan fingerprint density at radius 2 is 2.05 bits per heavy atom. The fraction of sp³-hybridized carbons (Fsp3) is 0.571. The van der Waals surface area contributed by atoms with Crippen LogP contribution in [-0.4, -0.2) is 30.1 Å². The number of hydrogen-bond donors (Lipinski definition) is 1. The van der Waals surface area contributed by atoms with Crippen LogP contribution in [0.3, 0.4) is 0 Å². The minimum atomic E-state index is -4.34. The predicted molar refractivity (Wildman–Crippen MR) is 77.9 cm³/mol. The minimum absolute atomic E-state index is 0.0691. The van der Waals surface area contributed by atoms with Gasteiger partial charge in [0, 0.05) is 35.3 Å². The van der Waals surface area contributed by atoms with Crippen molar-refractivity contribution >= 4 is 21.6 Å². The van der Waals surface area contributed by atoms with Crippen LogP contribution >= 0.6 is 15.9 Å². The SMILES string of the molecule is CC(C)N1CCC(Nc2ccc(Br)cc2C(F)(F)F)C1. The Kier molecular flexibility index (Phi) is 4.64. The van der Waals surface area contributed by atoms with Gasteiger partial charge in [-0.2, -0.15) is 13.2 Å². The first-order valence-corrected chi connectivity index (χ1v) is 7.44. The smallest absolute Gasteiger partial charge is 0.380 e. The van der Waals surface area contributed by atoms with Gasteiger partial charge in [0.05, 0.1) is 5.56 Å². The first kappa shape index (κ1) is 15.6. The summed E-state index contributed by atoms with van der Waals surface area (Å²) in [4.78, 5) is 2.27. The molecule has 1 unspecified atom stereocenters. The Labute approximate surface area is 125 Å². The van der Waals surface area contributed by atoms with Crippen molar-refractivity contribution in [3.8, 4) is 0 Å². The Morgan fingerprint density at radius 1 is 1.35 bits per heavy atom. The molecule has 1 heterocycles. The number of nitrogens with zero attached hydrogens (tertiary/aromatic N) is 1. The highest BCUT2D eigenvalue weighted by Crippen LogP contribution is 2.37. The van der Waals surface area contributed by atoms with Crippen molar-refractivity contribution in [3.63, 3.8) is 0 Å². The molecule has 1 aliphatic rings. The van der Waals surface area contributed by atoms with E-state index in [0.717, 1.165) is 25.6 Å². The number of halogens is 4. The summed E-state index contributed by atoms with van der Waals surface area (Å²) in [6.07, 6.45) is -3.48. The highest BCUT2D eigenvalue weighted by atomic mass is 79.9. The van der Waals surface area contributed by atoms with Crippen molar-refractivity contribution in [3.05, 3.63) is 28.2 Å². The topological polar surface area (TPSA) is 15.3 Å². The molecular formula is C14H18BrF3N2. The standard InChI is InChI=1S/C14H18BrF3N2/c1-9(2)20-6-5-11(8-20)19-13-4-3-10(15)7-12(13)14(16,17)18/h3-4,7,9,11,19H,5-6,8H2,1-2H3. The van der Waals surface area contributed by atoms with Gasteiger partial charge in [0.15, 0.2) is 0 Å². The summed E-state index contributed by atoms with van der Waals surface area (Å²) < 4.78 is 39.5. The normalized spacial score (nSPS) is 20.6. The van der Waals surface area contributed by atoms with Crippen LogP contribution in [0.2, 0.25) is 0 Å². The second-order valence-electron chi connectivity index (χ2n) is 5.41. The third-order valence-corrected chi connectivity index (χ3v) is 4.09. The lowest BCUT2D eigenvalue weighted by molar-refractivity contribution is -0.137. The molecule has 0 aromatic heterocycles. The lowest BCUT2D eigenvalue weighted by Gasteiger charge is -2.22. The Hall–Kier alpha value is -0.750. The Balaban J connectivity index is 2.14. The number of alkyl halides is 3. The molecule has 0 amide bonds. The molecule has 6 heteroatoms. The van der Waals surface area contributed by atoms with E-state index in [9.17, 15) is 13.2 Å². The van der Waals surface area contributed by atoms with Crippen LogP contribution in [0.5, 0.6) is 0 Å². The number of likely N-dealkylation sites (tertiary alicyclic amines) is 1. The van der Waals surface area contributed by atoms with Crippen molar-refractivity contribution in [2.75, 3.05) is 18.4 Å². The molecule has 20 heavy (non-hydrogen) atoms. The summed E-state index contributed by atoms with van der Waals surface area (Å²) >= 11 is 3.09. The average molecular weight is 351 g/mol. The van der Waals surface area contributed by atoms with E-state index in [1.54, 1.807) is 6.07 Å². The van der Waals surface area contributed by atoms with Crippen molar-refractivity contribution in [2.45, 2.75) is 38.5 Å². The van der Waals surface area contributed by atoms with Gasteiger partial charge in [0.25, 0.3) is 0 Å². The third kappa shape index (κ3) is 3.67. The summed E-state index contributed by atoms with van der Waals surface area (Å²) in [5.41, 5.74) is -0.453. The number of hydrogen-bond acceptors (Lipinski definition) is 2. The van der Waals surface area contributed by atoms with Gasteiger partial charge in [-0.25, -0.2) is 0 Å². The van der Waals surface area contributed by atoms with E-state index in [0.29, 0.717) is 10.5 Å². The predicted octanol–water partition coefficient (Wildman–Crippen LogP) is 4.36. The van der Waals surface area contributed by atoms with E-state index in [4.69, 9.17) is 0 Å². The van der Waals surface area contributed by atoms with Crippen LogP contribution in [-0.2, 0) is 6.18 Å². The van der Waals surface area contributed by atoms with E-state index in [-0.39, 0.29) is 11.7 Å². The molecule has 0 radical (unpaired) electrons. The molecule has 1 atom stereocenters. The molecule has 1 aliphatic heterocycles. The van der Waals surface area contributed by atoms with Gasteiger partial charge in [-0.15, -0.1) is 0 Å². The second-order valence-corrected chi connectivity index (χ2v) is 6.32. The molecule has 1 fully saturated rings. The molecule has 2 rings (SSSR count). The maximum Gasteiger partial charge on any atom is 0.418 e. The summed E-state index contributed by atoms with van der Waals surface area (Å²) in [6.45, 7) is 5.91.